The van der Waals surface area contributed by atoms with E-state index in [4.69, 9.17) is 11.5 Å². The fraction of sp³-hybridized carbons (Fsp3) is 0.250. The third-order valence-corrected chi connectivity index (χ3v) is 0.907. The first-order valence-electron chi connectivity index (χ1n) is 2.48. The van der Waals surface area contributed by atoms with E-state index in [0.29, 0.717) is 5.82 Å². The van der Waals surface area contributed by atoms with Crippen LogP contribution in [-0.2, 0) is 4.79 Å². The molecular weight excluding hydrogens is 120 g/mol. The fourth-order valence-corrected chi connectivity index (χ4v) is 0.593. The predicted octanol–water partition coefficient (Wildman–Crippen LogP) is -2.25. The van der Waals surface area contributed by atoms with E-state index in [0.717, 1.165) is 0 Å². The lowest BCUT2D eigenvalue weighted by Crippen LogP contribution is -2.55. The minimum absolute atomic E-state index is 0.265. The molecule has 1 heterocycles. The van der Waals surface area contributed by atoms with Crippen LogP contribution in [0, 0.1) is 0 Å². The van der Waals surface area contributed by atoms with Gasteiger partial charge in [-0.3, -0.25) is 10.5 Å². The summed E-state index contributed by atoms with van der Waals surface area (Å²) >= 11 is 0. The molecule has 9 heavy (non-hydrogen) atoms. The normalized spacial score (nSPS) is 26.1. The molecule has 0 aliphatic carbocycles. The number of nitrogens with one attached hydrogen (secondary N) is 2. The molecule has 1 rings (SSSR count). The molecule has 6 N–H and O–H groups in total. The summed E-state index contributed by atoms with van der Waals surface area (Å²) in [6.07, 6.45) is 0.686. The van der Waals surface area contributed by atoms with Crippen molar-refractivity contribution in [2.24, 2.45) is 11.5 Å². The van der Waals surface area contributed by atoms with Crippen LogP contribution in [0.4, 0.5) is 0 Å². The van der Waals surface area contributed by atoms with Gasteiger partial charge in [0, 0.05) is 6.08 Å². The Labute approximate surface area is 52.1 Å². The van der Waals surface area contributed by atoms with E-state index in [2.05, 4.69) is 10.6 Å². The molecule has 1 atom stereocenters. The Morgan fingerprint density at radius 1 is 1.56 bits per heavy atom. The highest BCUT2D eigenvalue weighted by molar-refractivity contribution is 5.88. The van der Waals surface area contributed by atoms with Gasteiger partial charge in [0.2, 0.25) is 5.91 Å². The predicted molar refractivity (Wildman–Crippen MR) is 31.5 cm³/mol. The Kier molecular flexibility index (Phi) is 1.27. The largest absolute Gasteiger partial charge is 0.385 e. The van der Waals surface area contributed by atoms with Crippen molar-refractivity contribution in [2.45, 2.75) is 6.29 Å². The van der Waals surface area contributed by atoms with Gasteiger partial charge in [0.15, 0.2) is 6.29 Å². The summed E-state index contributed by atoms with van der Waals surface area (Å²) in [5.41, 5.74) is 10.5. The van der Waals surface area contributed by atoms with Gasteiger partial charge in [-0.25, -0.2) is 0 Å². The molecule has 0 radical (unpaired) electrons. The first kappa shape index (κ1) is 5.90. The summed E-state index contributed by atoms with van der Waals surface area (Å²) in [6.45, 7) is 0. The van der Waals surface area contributed by atoms with Crippen molar-refractivity contribution in [3.05, 3.63) is 11.9 Å². The number of carbonyl (C=O) groups is 1. The second-order valence-electron chi connectivity index (χ2n) is 1.73. The van der Waals surface area contributed by atoms with E-state index >= 15 is 0 Å². The molecule has 0 saturated carbocycles. The first-order chi connectivity index (χ1) is 4.18. The van der Waals surface area contributed by atoms with E-state index in [9.17, 15) is 4.79 Å². The van der Waals surface area contributed by atoms with Gasteiger partial charge in [-0.1, -0.05) is 0 Å². The topological polar surface area (TPSA) is 93.2 Å². The van der Waals surface area contributed by atoms with Crippen LogP contribution in [-0.4, -0.2) is 12.2 Å². The van der Waals surface area contributed by atoms with Gasteiger partial charge in [-0.15, -0.1) is 0 Å². The summed E-state index contributed by atoms with van der Waals surface area (Å²) in [7, 11) is 0. The molecule has 0 spiro atoms. The summed E-state index contributed by atoms with van der Waals surface area (Å²) in [5, 5.41) is 4.98. The van der Waals surface area contributed by atoms with E-state index < -0.39 is 6.29 Å². The molecule has 0 fully saturated rings. The highest BCUT2D eigenvalue weighted by atomic mass is 16.1. The second-order valence-corrected chi connectivity index (χ2v) is 1.73. The minimum Gasteiger partial charge on any atom is -0.385 e. The Balaban J connectivity index is 2.67. The quantitative estimate of drug-likeness (QED) is 0.296. The SMILES string of the molecule is NC1=CC(=O)NC(N)N1. The van der Waals surface area contributed by atoms with E-state index in [-0.39, 0.29) is 5.91 Å². The molecule has 0 bridgehead atoms. The molecule has 1 aliphatic heterocycles. The van der Waals surface area contributed by atoms with Crippen molar-refractivity contribution >= 4 is 5.91 Å². The number of amides is 1. The van der Waals surface area contributed by atoms with E-state index in [1.807, 2.05) is 0 Å². The fourth-order valence-electron chi connectivity index (χ4n) is 0.593. The van der Waals surface area contributed by atoms with Crippen LogP contribution in [0.3, 0.4) is 0 Å². The third-order valence-electron chi connectivity index (χ3n) is 0.907. The number of carbonyl (C=O) groups excluding carboxylic acids is 1. The van der Waals surface area contributed by atoms with Gasteiger partial charge in [-0.05, 0) is 0 Å². The van der Waals surface area contributed by atoms with Gasteiger partial charge in [-0.2, -0.15) is 0 Å². The van der Waals surface area contributed by atoms with Crippen LogP contribution < -0.4 is 22.1 Å². The van der Waals surface area contributed by atoms with Crippen molar-refractivity contribution in [1.82, 2.24) is 10.6 Å². The van der Waals surface area contributed by atoms with E-state index in [1.165, 1.54) is 6.08 Å². The van der Waals surface area contributed by atoms with Crippen LogP contribution in [0.2, 0.25) is 0 Å². The van der Waals surface area contributed by atoms with Crippen LogP contribution in [0.5, 0.6) is 0 Å². The van der Waals surface area contributed by atoms with Crippen molar-refractivity contribution in [1.29, 1.82) is 0 Å². The zero-order chi connectivity index (χ0) is 6.85. The standard InChI is InChI=1S/C4H8N4O/c5-2-1-3(9)8-4(6)7-2/h1,4,7H,5-6H2,(H,8,9). The average Bonchev–Trinajstić information content (AvgIpc) is 1.59. The van der Waals surface area contributed by atoms with Gasteiger partial charge in [0.1, 0.15) is 5.82 Å². The lowest BCUT2D eigenvalue weighted by Gasteiger charge is -2.19. The molecule has 0 aromatic rings. The summed E-state index contributed by atoms with van der Waals surface area (Å²) in [4.78, 5) is 10.5. The maximum absolute atomic E-state index is 10.5. The summed E-state index contributed by atoms with van der Waals surface area (Å²) < 4.78 is 0. The molecule has 1 unspecified atom stereocenters. The molecule has 1 amide bonds. The number of rotatable bonds is 0. The van der Waals surface area contributed by atoms with Gasteiger partial charge < -0.3 is 16.4 Å². The molecule has 5 heteroatoms. The first-order valence-corrected chi connectivity index (χ1v) is 2.48. The zero-order valence-electron chi connectivity index (χ0n) is 4.72. The summed E-state index contributed by atoms with van der Waals surface area (Å²) in [5.74, 6) is 0.0324. The number of nitrogens with two attached hydrogens (primary N) is 2. The van der Waals surface area contributed by atoms with Crippen LogP contribution >= 0.6 is 0 Å². The molecular formula is C4H8N4O. The molecule has 5 nitrogen and oxygen atoms in total. The molecule has 0 aromatic carbocycles. The lowest BCUT2D eigenvalue weighted by atomic mass is 10.4. The summed E-state index contributed by atoms with van der Waals surface area (Å²) in [6, 6.07) is 0. The second kappa shape index (κ2) is 1.94. The van der Waals surface area contributed by atoms with Crippen LogP contribution in [0.1, 0.15) is 0 Å². The molecule has 1 aliphatic rings. The number of hydrogen-bond acceptors (Lipinski definition) is 4. The van der Waals surface area contributed by atoms with Crippen molar-refractivity contribution in [2.75, 3.05) is 0 Å². The van der Waals surface area contributed by atoms with E-state index in [1.54, 1.807) is 0 Å². The highest BCUT2D eigenvalue weighted by Gasteiger charge is 2.10. The van der Waals surface area contributed by atoms with Gasteiger partial charge in [0.05, 0.1) is 0 Å². The average molecular weight is 128 g/mol. The Morgan fingerprint density at radius 2 is 2.22 bits per heavy atom. The molecule has 50 valence electrons. The zero-order valence-corrected chi connectivity index (χ0v) is 4.72. The third kappa shape index (κ3) is 1.33. The minimum atomic E-state index is -0.553. The van der Waals surface area contributed by atoms with Crippen molar-refractivity contribution in [3.63, 3.8) is 0 Å². The lowest BCUT2D eigenvalue weighted by molar-refractivity contribution is -0.117. The van der Waals surface area contributed by atoms with Crippen LogP contribution in [0.25, 0.3) is 0 Å². The van der Waals surface area contributed by atoms with Crippen molar-refractivity contribution in [3.8, 4) is 0 Å². The Morgan fingerprint density at radius 3 is 2.67 bits per heavy atom. The van der Waals surface area contributed by atoms with Crippen molar-refractivity contribution < 1.29 is 4.79 Å². The molecule has 0 saturated heterocycles. The van der Waals surface area contributed by atoms with Crippen LogP contribution in [0.15, 0.2) is 11.9 Å². The number of hydrogen-bond donors (Lipinski definition) is 4. The highest BCUT2D eigenvalue weighted by Crippen LogP contribution is 1.85. The Bertz CT molecular complexity index is 164. The Hall–Kier alpha value is -1.23. The maximum Gasteiger partial charge on any atom is 0.250 e. The van der Waals surface area contributed by atoms with Gasteiger partial charge >= 0.3 is 0 Å². The monoisotopic (exact) mass is 128 g/mol. The maximum atomic E-state index is 10.5. The molecule has 0 aromatic heterocycles. The smallest absolute Gasteiger partial charge is 0.250 e. The van der Waals surface area contributed by atoms with Gasteiger partial charge in [0.25, 0.3) is 0 Å².